The maximum atomic E-state index is 14.5. The Morgan fingerprint density at radius 1 is 0.865 bits per heavy atom. The van der Waals surface area contributed by atoms with Gasteiger partial charge in [-0.1, -0.05) is 85.8 Å². The van der Waals surface area contributed by atoms with Crippen molar-refractivity contribution in [1.29, 1.82) is 0 Å². The van der Waals surface area contributed by atoms with Crippen molar-refractivity contribution in [3.05, 3.63) is 132 Å². The van der Waals surface area contributed by atoms with Gasteiger partial charge in [-0.05, 0) is 74.0 Å². The molecule has 0 radical (unpaired) electrons. The van der Waals surface area contributed by atoms with E-state index in [0.717, 1.165) is 24.3 Å². The highest BCUT2D eigenvalue weighted by Gasteiger charge is 2.56. The third-order valence-electron chi connectivity index (χ3n) is 10.7. The van der Waals surface area contributed by atoms with Crippen molar-refractivity contribution in [1.82, 2.24) is 10.2 Å². The van der Waals surface area contributed by atoms with Gasteiger partial charge in [0.15, 0.2) is 5.60 Å². The molecule has 1 spiro atoms. The molecule has 0 unspecified atom stereocenters. The van der Waals surface area contributed by atoms with E-state index in [9.17, 15) is 24.6 Å². The van der Waals surface area contributed by atoms with E-state index in [1.165, 1.54) is 4.90 Å². The number of hydrogen-bond donors (Lipinski definition) is 3. The fourth-order valence-corrected chi connectivity index (χ4v) is 7.89. The summed E-state index contributed by atoms with van der Waals surface area (Å²) in [5.74, 6) is -1.42. The van der Waals surface area contributed by atoms with E-state index in [1.807, 2.05) is 103 Å². The van der Waals surface area contributed by atoms with Crippen LogP contribution in [0.2, 0.25) is 0 Å². The lowest BCUT2D eigenvalue weighted by Crippen LogP contribution is -2.55. The number of piperidine rings is 1. The van der Waals surface area contributed by atoms with Gasteiger partial charge in [0.25, 0.3) is 11.8 Å². The van der Waals surface area contributed by atoms with E-state index in [0.29, 0.717) is 48.7 Å². The summed E-state index contributed by atoms with van der Waals surface area (Å²) in [4.78, 5) is 49.3. The van der Waals surface area contributed by atoms with Crippen LogP contribution >= 0.6 is 0 Å². The van der Waals surface area contributed by atoms with Crippen molar-refractivity contribution in [2.24, 2.45) is 5.92 Å². The normalized spacial score (nSPS) is 20.2. The van der Waals surface area contributed by atoms with Gasteiger partial charge in [0.2, 0.25) is 5.91 Å². The van der Waals surface area contributed by atoms with Gasteiger partial charge in [0, 0.05) is 48.1 Å². The first kappa shape index (κ1) is 35.1. The summed E-state index contributed by atoms with van der Waals surface area (Å²) in [6.07, 6.45) is 4.75. The third-order valence-corrected chi connectivity index (χ3v) is 10.7. The lowest BCUT2D eigenvalue weighted by atomic mass is 9.82. The lowest BCUT2D eigenvalue weighted by Gasteiger charge is -2.39. The average molecular weight is 700 g/mol. The molecule has 4 aromatic carbocycles. The molecule has 268 valence electrons. The van der Waals surface area contributed by atoms with E-state index in [4.69, 9.17) is 0 Å². The number of amides is 3. The monoisotopic (exact) mass is 699 g/mol. The number of anilines is 4. The van der Waals surface area contributed by atoms with E-state index in [-0.39, 0.29) is 31.4 Å². The van der Waals surface area contributed by atoms with Gasteiger partial charge < -0.3 is 25.3 Å². The average Bonchev–Trinajstić information content (AvgIpc) is 3.58. The topological polar surface area (TPSA) is 117 Å². The zero-order valence-corrected chi connectivity index (χ0v) is 29.4. The number of rotatable bonds is 11. The molecule has 3 aliphatic heterocycles. The minimum absolute atomic E-state index is 0.0000234. The molecule has 2 atom stereocenters. The molecule has 0 bridgehead atoms. The molecule has 3 amide bonds. The molecule has 0 saturated carbocycles. The number of aliphatic hydroxyl groups is 2. The number of carbonyl (C=O) groups is 3. The van der Waals surface area contributed by atoms with E-state index in [1.54, 1.807) is 34.9 Å². The smallest absolute Gasteiger partial charge is 0.268 e. The van der Waals surface area contributed by atoms with E-state index < -0.39 is 23.0 Å². The van der Waals surface area contributed by atoms with Gasteiger partial charge in [0.05, 0.1) is 19.0 Å². The molecule has 2 saturated heterocycles. The molecule has 52 heavy (non-hydrogen) atoms. The van der Waals surface area contributed by atoms with Crippen LogP contribution in [0.1, 0.15) is 37.3 Å². The molecule has 3 heterocycles. The quantitative estimate of drug-likeness (QED) is 0.187. The number of nitrogens with zero attached hydrogens (tertiary/aromatic N) is 4. The van der Waals surface area contributed by atoms with Crippen LogP contribution in [0, 0.1) is 5.92 Å². The third kappa shape index (κ3) is 6.27. The van der Waals surface area contributed by atoms with Crippen molar-refractivity contribution >= 4 is 40.5 Å². The van der Waals surface area contributed by atoms with Crippen LogP contribution in [0.4, 0.5) is 22.7 Å². The molecule has 3 N–H and O–H groups in total. The zero-order valence-electron chi connectivity index (χ0n) is 29.4. The summed E-state index contributed by atoms with van der Waals surface area (Å²) in [6.45, 7) is 3.94. The Kier molecular flexibility index (Phi) is 9.96. The number of benzene rings is 4. The maximum absolute atomic E-state index is 14.5. The Labute approximate surface area is 304 Å². The number of aliphatic hydroxyl groups excluding tert-OH is 1. The van der Waals surface area contributed by atoms with Crippen LogP contribution < -0.4 is 20.0 Å². The number of carbonyl (C=O) groups excluding carboxylic acids is 3. The molecule has 2 fully saturated rings. The van der Waals surface area contributed by atoms with Crippen LogP contribution in [0.3, 0.4) is 0 Å². The van der Waals surface area contributed by atoms with Crippen molar-refractivity contribution in [2.45, 2.75) is 43.9 Å². The van der Waals surface area contributed by atoms with Crippen LogP contribution in [0.5, 0.6) is 0 Å². The Hall–Kier alpha value is -5.29. The van der Waals surface area contributed by atoms with Gasteiger partial charge in [-0.15, -0.1) is 0 Å². The highest BCUT2D eigenvalue weighted by Crippen LogP contribution is 2.50. The molecule has 7 rings (SSSR count). The Balaban J connectivity index is 1.21. The molecular formula is C42H45N5O5. The highest BCUT2D eigenvalue weighted by atomic mass is 16.3. The van der Waals surface area contributed by atoms with E-state index >= 15 is 0 Å². The molecule has 10 heteroatoms. The van der Waals surface area contributed by atoms with Gasteiger partial charge >= 0.3 is 0 Å². The van der Waals surface area contributed by atoms with Crippen molar-refractivity contribution < 1.29 is 24.6 Å². The van der Waals surface area contributed by atoms with Crippen LogP contribution in [-0.4, -0.2) is 71.3 Å². The zero-order chi connectivity index (χ0) is 36.3. The SMILES string of the molecule is C[C@H](/C=C/CC(=O)N(CCO)Cc1ccccc1)[C@@]1(O)C(=O)N(c2ccccc2)c2ccc(N3CN(c4ccccc4)C4(CCNCC4)C3=O)cc21. The fourth-order valence-electron chi connectivity index (χ4n) is 7.89. The molecule has 0 aliphatic carbocycles. The molecular weight excluding hydrogens is 654 g/mol. The number of para-hydroxylation sites is 2. The first-order valence-electron chi connectivity index (χ1n) is 18.0. The highest BCUT2D eigenvalue weighted by molar-refractivity contribution is 6.13. The number of fused-ring (bicyclic) bond motifs is 1. The molecule has 3 aliphatic rings. The van der Waals surface area contributed by atoms with Crippen LogP contribution in [-0.2, 0) is 26.5 Å². The second kappa shape index (κ2) is 14.7. The summed E-state index contributed by atoms with van der Waals surface area (Å²) in [5.41, 5.74) is 1.40. The second-order valence-electron chi connectivity index (χ2n) is 13.8. The summed E-state index contributed by atoms with van der Waals surface area (Å²) in [7, 11) is 0. The minimum Gasteiger partial charge on any atom is -0.395 e. The predicted molar refractivity (Wildman–Crippen MR) is 202 cm³/mol. The van der Waals surface area contributed by atoms with Gasteiger partial charge in [-0.2, -0.15) is 0 Å². The summed E-state index contributed by atoms with van der Waals surface area (Å²) in [5, 5.41) is 25.6. The van der Waals surface area contributed by atoms with E-state index in [2.05, 4.69) is 10.2 Å². The Morgan fingerprint density at radius 3 is 2.15 bits per heavy atom. The van der Waals surface area contributed by atoms with Gasteiger partial charge in [-0.3, -0.25) is 24.2 Å². The van der Waals surface area contributed by atoms with Crippen molar-refractivity contribution in [3.63, 3.8) is 0 Å². The predicted octanol–water partition coefficient (Wildman–Crippen LogP) is 5.09. The van der Waals surface area contributed by atoms with Gasteiger partial charge in [-0.25, -0.2) is 0 Å². The van der Waals surface area contributed by atoms with Gasteiger partial charge in [0.1, 0.15) is 5.54 Å². The van der Waals surface area contributed by atoms with Crippen molar-refractivity contribution in [3.8, 4) is 0 Å². The number of nitrogens with one attached hydrogen (secondary N) is 1. The lowest BCUT2D eigenvalue weighted by molar-refractivity contribution is -0.138. The largest absolute Gasteiger partial charge is 0.395 e. The Morgan fingerprint density at radius 2 is 1.50 bits per heavy atom. The van der Waals surface area contributed by atoms with Crippen LogP contribution in [0.25, 0.3) is 0 Å². The minimum atomic E-state index is -1.98. The summed E-state index contributed by atoms with van der Waals surface area (Å²) >= 11 is 0. The fraction of sp³-hybridized carbons (Fsp3) is 0.310. The first-order valence-corrected chi connectivity index (χ1v) is 18.0. The first-order chi connectivity index (χ1) is 25.3. The number of hydrogen-bond acceptors (Lipinski definition) is 7. The Bertz CT molecular complexity index is 1930. The standard InChI is InChI=1S/C42H45N5O5/c1-31(12-11-19-38(49)44(26-27-48)29-32-13-5-2-6-14-32)42(52)36-28-35(20-21-37(36)47(40(42)51)34-17-9-4-10-18-34)45-30-46(33-15-7-3-8-16-33)41(39(45)50)22-24-43-25-23-41/h2-18,20-21,28,31,43,48,52H,19,22-27,29-30H2,1H3/b12-11+/t31-,42+/m1/s1. The molecule has 4 aromatic rings. The molecule has 10 nitrogen and oxygen atoms in total. The molecule has 0 aromatic heterocycles. The summed E-state index contributed by atoms with van der Waals surface area (Å²) < 4.78 is 0. The maximum Gasteiger partial charge on any atom is 0.268 e. The van der Waals surface area contributed by atoms with Crippen molar-refractivity contribution in [2.75, 3.05) is 47.6 Å². The second-order valence-corrected chi connectivity index (χ2v) is 13.8. The summed E-state index contributed by atoms with van der Waals surface area (Å²) in [6, 6.07) is 34.2. The van der Waals surface area contributed by atoms with Crippen LogP contribution in [0.15, 0.2) is 121 Å².